The Morgan fingerprint density at radius 1 is 1.50 bits per heavy atom. The Labute approximate surface area is 121 Å². The van der Waals surface area contributed by atoms with Crippen molar-refractivity contribution >= 4 is 23.3 Å². The van der Waals surface area contributed by atoms with Gasteiger partial charge < -0.3 is 4.74 Å². The minimum Gasteiger partial charge on any atom is -0.462 e. The van der Waals surface area contributed by atoms with Gasteiger partial charge in [0.15, 0.2) is 0 Å². The van der Waals surface area contributed by atoms with E-state index in [1.165, 1.54) is 11.2 Å². The standard InChI is InChI=1S/C13H16N4O2S/c1-4-19-12(18)9-7-15-13(17(3)14)16-11(9)10-6-5-8(2)20-10/h5-7H,4,14H2,1-3H3. The lowest BCUT2D eigenvalue weighted by Gasteiger charge is -2.12. The van der Waals surface area contributed by atoms with Crippen molar-refractivity contribution in [2.75, 3.05) is 18.7 Å². The molecule has 2 rings (SSSR count). The molecule has 20 heavy (non-hydrogen) atoms. The first kappa shape index (κ1) is 14.4. The quantitative estimate of drug-likeness (QED) is 0.527. The Morgan fingerprint density at radius 3 is 2.80 bits per heavy atom. The predicted octanol–water partition coefficient (Wildman–Crippen LogP) is 2.00. The zero-order chi connectivity index (χ0) is 14.7. The molecule has 2 heterocycles. The molecule has 0 radical (unpaired) electrons. The highest BCUT2D eigenvalue weighted by Crippen LogP contribution is 2.29. The summed E-state index contributed by atoms with van der Waals surface area (Å²) in [6.45, 7) is 4.06. The number of aryl methyl sites for hydroxylation is 1. The summed E-state index contributed by atoms with van der Waals surface area (Å²) in [5.41, 5.74) is 0.892. The van der Waals surface area contributed by atoms with Crippen LogP contribution in [-0.2, 0) is 4.74 Å². The molecule has 0 aromatic carbocycles. The summed E-state index contributed by atoms with van der Waals surface area (Å²) in [6.07, 6.45) is 1.45. The minimum atomic E-state index is -0.431. The molecule has 0 atom stereocenters. The summed E-state index contributed by atoms with van der Waals surface area (Å²) in [5.74, 6) is 5.56. The van der Waals surface area contributed by atoms with Crippen molar-refractivity contribution in [2.24, 2.45) is 5.84 Å². The number of hydrazine groups is 1. The van der Waals surface area contributed by atoms with E-state index in [-0.39, 0.29) is 0 Å². The molecule has 0 aliphatic heterocycles. The van der Waals surface area contributed by atoms with Crippen molar-refractivity contribution in [1.29, 1.82) is 0 Å². The van der Waals surface area contributed by atoms with Crippen molar-refractivity contribution < 1.29 is 9.53 Å². The van der Waals surface area contributed by atoms with E-state index >= 15 is 0 Å². The number of ether oxygens (including phenoxy) is 1. The van der Waals surface area contributed by atoms with Crippen LogP contribution in [0.4, 0.5) is 5.95 Å². The Hall–Kier alpha value is -1.99. The highest BCUT2D eigenvalue weighted by molar-refractivity contribution is 7.15. The van der Waals surface area contributed by atoms with Crippen LogP contribution in [0.15, 0.2) is 18.3 Å². The molecule has 0 saturated heterocycles. The number of aromatic nitrogens is 2. The number of hydrogen-bond acceptors (Lipinski definition) is 7. The third-order valence-corrected chi connectivity index (χ3v) is 3.57. The van der Waals surface area contributed by atoms with Crippen LogP contribution in [-0.4, -0.2) is 29.6 Å². The molecule has 0 aliphatic carbocycles. The first-order valence-corrected chi connectivity index (χ1v) is 6.94. The van der Waals surface area contributed by atoms with Gasteiger partial charge in [0, 0.05) is 18.1 Å². The maximum atomic E-state index is 12.0. The monoisotopic (exact) mass is 292 g/mol. The number of rotatable bonds is 4. The van der Waals surface area contributed by atoms with Crippen LogP contribution in [0, 0.1) is 6.92 Å². The van der Waals surface area contributed by atoms with E-state index in [0.717, 1.165) is 9.75 Å². The van der Waals surface area contributed by atoms with Gasteiger partial charge in [-0.2, -0.15) is 0 Å². The second-order valence-electron chi connectivity index (χ2n) is 4.17. The first-order chi connectivity index (χ1) is 9.52. The van der Waals surface area contributed by atoms with Crippen molar-refractivity contribution in [1.82, 2.24) is 9.97 Å². The highest BCUT2D eigenvalue weighted by atomic mass is 32.1. The maximum Gasteiger partial charge on any atom is 0.341 e. The van der Waals surface area contributed by atoms with Crippen molar-refractivity contribution in [3.63, 3.8) is 0 Å². The average molecular weight is 292 g/mol. The number of hydrogen-bond donors (Lipinski definition) is 1. The molecule has 6 nitrogen and oxygen atoms in total. The molecule has 0 spiro atoms. The molecular formula is C13H16N4O2S. The predicted molar refractivity (Wildman–Crippen MR) is 78.6 cm³/mol. The van der Waals surface area contributed by atoms with Gasteiger partial charge in [0.25, 0.3) is 0 Å². The van der Waals surface area contributed by atoms with Gasteiger partial charge in [-0.05, 0) is 26.0 Å². The second kappa shape index (κ2) is 5.98. The zero-order valence-corrected chi connectivity index (χ0v) is 12.4. The molecular weight excluding hydrogens is 276 g/mol. The molecule has 0 unspecified atom stereocenters. The van der Waals surface area contributed by atoms with E-state index < -0.39 is 5.97 Å². The van der Waals surface area contributed by atoms with Crippen LogP contribution in [0.3, 0.4) is 0 Å². The summed E-state index contributed by atoms with van der Waals surface area (Å²) in [7, 11) is 1.64. The highest BCUT2D eigenvalue weighted by Gasteiger charge is 2.19. The fourth-order valence-corrected chi connectivity index (χ4v) is 2.52. The largest absolute Gasteiger partial charge is 0.462 e. The van der Waals surface area contributed by atoms with Gasteiger partial charge in [-0.25, -0.2) is 20.6 Å². The van der Waals surface area contributed by atoms with Gasteiger partial charge in [0.1, 0.15) is 11.3 Å². The normalized spacial score (nSPS) is 10.4. The van der Waals surface area contributed by atoms with Crippen LogP contribution in [0.5, 0.6) is 0 Å². The van der Waals surface area contributed by atoms with Crippen molar-refractivity contribution in [2.45, 2.75) is 13.8 Å². The third-order valence-electron chi connectivity index (χ3n) is 2.56. The molecule has 2 aromatic rings. The molecule has 2 N–H and O–H groups in total. The first-order valence-electron chi connectivity index (χ1n) is 6.12. The van der Waals surface area contributed by atoms with Crippen LogP contribution in [0.2, 0.25) is 0 Å². The molecule has 0 fully saturated rings. The Balaban J connectivity index is 2.54. The van der Waals surface area contributed by atoms with Crippen LogP contribution in [0.1, 0.15) is 22.2 Å². The van der Waals surface area contributed by atoms with Crippen LogP contribution < -0.4 is 10.9 Å². The summed E-state index contributed by atoms with van der Waals surface area (Å²) in [5, 5.41) is 1.30. The number of anilines is 1. The minimum absolute atomic E-state index is 0.306. The second-order valence-corrected chi connectivity index (χ2v) is 5.46. The van der Waals surface area contributed by atoms with Crippen molar-refractivity contribution in [3.8, 4) is 10.6 Å². The number of carbonyl (C=O) groups excluding carboxylic acids is 1. The molecule has 106 valence electrons. The fraction of sp³-hybridized carbons (Fsp3) is 0.308. The van der Waals surface area contributed by atoms with E-state index in [1.807, 2.05) is 19.1 Å². The number of carbonyl (C=O) groups is 1. The molecule has 0 aliphatic rings. The lowest BCUT2D eigenvalue weighted by atomic mass is 10.2. The lowest BCUT2D eigenvalue weighted by molar-refractivity contribution is 0.0526. The summed E-state index contributed by atoms with van der Waals surface area (Å²) in [4.78, 5) is 22.4. The average Bonchev–Trinajstić information content (AvgIpc) is 2.85. The van der Waals surface area contributed by atoms with E-state index in [1.54, 1.807) is 25.3 Å². The lowest BCUT2D eigenvalue weighted by Crippen LogP contribution is -2.27. The van der Waals surface area contributed by atoms with E-state index in [2.05, 4.69) is 9.97 Å². The summed E-state index contributed by atoms with van der Waals surface area (Å²) in [6, 6.07) is 3.90. The van der Waals surface area contributed by atoms with E-state index in [4.69, 9.17) is 10.6 Å². The molecule has 0 bridgehead atoms. The zero-order valence-electron chi connectivity index (χ0n) is 11.6. The SMILES string of the molecule is CCOC(=O)c1cnc(N(C)N)nc1-c1ccc(C)s1. The molecule has 2 aromatic heterocycles. The van der Waals surface area contributed by atoms with Gasteiger partial charge in [-0.3, -0.25) is 5.01 Å². The van der Waals surface area contributed by atoms with Gasteiger partial charge in [-0.15, -0.1) is 11.3 Å². The summed E-state index contributed by atoms with van der Waals surface area (Å²) < 4.78 is 5.04. The van der Waals surface area contributed by atoms with Crippen LogP contribution in [0.25, 0.3) is 10.6 Å². The van der Waals surface area contributed by atoms with E-state index in [0.29, 0.717) is 23.8 Å². The number of nitrogens with zero attached hydrogens (tertiary/aromatic N) is 3. The number of nitrogens with two attached hydrogens (primary N) is 1. The van der Waals surface area contributed by atoms with E-state index in [9.17, 15) is 4.79 Å². The number of esters is 1. The topological polar surface area (TPSA) is 81.3 Å². The molecule has 0 amide bonds. The Bertz CT molecular complexity index is 625. The molecule has 7 heteroatoms. The smallest absolute Gasteiger partial charge is 0.341 e. The Kier molecular flexibility index (Phi) is 4.31. The van der Waals surface area contributed by atoms with Gasteiger partial charge in [0.05, 0.1) is 11.5 Å². The number of thiophene rings is 1. The van der Waals surface area contributed by atoms with Gasteiger partial charge in [0.2, 0.25) is 5.95 Å². The fourth-order valence-electron chi connectivity index (χ4n) is 1.65. The van der Waals surface area contributed by atoms with Crippen molar-refractivity contribution in [3.05, 3.63) is 28.8 Å². The summed E-state index contributed by atoms with van der Waals surface area (Å²) >= 11 is 1.55. The Morgan fingerprint density at radius 2 is 2.25 bits per heavy atom. The third kappa shape index (κ3) is 2.94. The molecule has 0 saturated carbocycles. The van der Waals surface area contributed by atoms with Gasteiger partial charge >= 0.3 is 5.97 Å². The van der Waals surface area contributed by atoms with Gasteiger partial charge in [-0.1, -0.05) is 0 Å². The van der Waals surface area contributed by atoms with Crippen LogP contribution >= 0.6 is 11.3 Å². The maximum absolute atomic E-state index is 12.0.